The fraction of sp³-hybridized carbons (Fsp3) is 0.535. The zero-order valence-corrected chi connectivity index (χ0v) is 34.6. The number of likely N-dealkylation sites (tertiary alicyclic amines) is 2. The second kappa shape index (κ2) is 18.6. The van der Waals surface area contributed by atoms with Crippen molar-refractivity contribution in [3.63, 3.8) is 0 Å². The number of fused-ring (bicyclic) bond motifs is 2. The fourth-order valence-electron chi connectivity index (χ4n) is 8.63. The summed E-state index contributed by atoms with van der Waals surface area (Å²) in [6, 6.07) is 5.47. The lowest BCUT2D eigenvalue weighted by molar-refractivity contribution is -0.138. The summed E-state index contributed by atoms with van der Waals surface area (Å²) < 4.78 is 29.4. The maximum Gasteiger partial charge on any atom is 0.245 e. The number of aromatic nitrogens is 2. The van der Waals surface area contributed by atoms with Gasteiger partial charge < -0.3 is 51.2 Å². The van der Waals surface area contributed by atoms with E-state index in [-0.39, 0.29) is 43.1 Å². The number of nitrogens with zero attached hydrogens (tertiary/aromatic N) is 2. The van der Waals surface area contributed by atoms with Gasteiger partial charge in [-0.2, -0.15) is 0 Å². The lowest BCUT2D eigenvalue weighted by atomic mass is 9.95. The van der Waals surface area contributed by atoms with Gasteiger partial charge in [-0.1, -0.05) is 13.8 Å². The first-order valence-corrected chi connectivity index (χ1v) is 20.7. The van der Waals surface area contributed by atoms with Crippen molar-refractivity contribution in [3.05, 3.63) is 70.5 Å². The molecule has 2 fully saturated rings. The van der Waals surface area contributed by atoms with Gasteiger partial charge in [0.25, 0.3) is 0 Å². The van der Waals surface area contributed by atoms with E-state index in [1.165, 1.54) is 24.3 Å². The predicted octanol–water partition coefficient (Wildman–Crippen LogP) is 2.53. The fourth-order valence-corrected chi connectivity index (χ4v) is 8.63. The van der Waals surface area contributed by atoms with Gasteiger partial charge in [0.15, 0.2) is 0 Å². The van der Waals surface area contributed by atoms with E-state index in [1.54, 1.807) is 49.9 Å². The topological polar surface area (TPSA) is 195 Å². The number of rotatable bonds is 16. The largest absolute Gasteiger partial charge is 0.391 e. The molecule has 6 rings (SSSR count). The summed E-state index contributed by atoms with van der Waals surface area (Å²) in [4.78, 5) is 63.6. The van der Waals surface area contributed by atoms with Crippen LogP contribution in [-0.4, -0.2) is 129 Å². The monoisotopic (exact) mass is 820 g/mol. The highest BCUT2D eigenvalue weighted by Crippen LogP contribution is 2.35. The zero-order valence-electron chi connectivity index (χ0n) is 34.6. The quantitative estimate of drug-likeness (QED) is 0.0845. The highest BCUT2D eigenvalue weighted by atomic mass is 19.1. The number of hydrogen-bond acceptors (Lipinski definition) is 8. The number of amides is 4. The van der Waals surface area contributed by atoms with Crippen molar-refractivity contribution in [1.29, 1.82) is 0 Å². The van der Waals surface area contributed by atoms with Crippen LogP contribution in [0.1, 0.15) is 75.9 Å². The number of benzene rings is 2. The Morgan fingerprint density at radius 2 is 1.10 bits per heavy atom. The molecule has 2 aliphatic heterocycles. The Labute approximate surface area is 342 Å². The highest BCUT2D eigenvalue weighted by Gasteiger charge is 2.40. The van der Waals surface area contributed by atoms with Crippen LogP contribution >= 0.6 is 0 Å². The first kappa shape index (κ1) is 43.7. The number of carbonyl (C=O) groups is 4. The molecular weight excluding hydrogens is 763 g/mol. The van der Waals surface area contributed by atoms with Crippen molar-refractivity contribution < 1.29 is 38.2 Å². The van der Waals surface area contributed by atoms with Crippen LogP contribution < -0.4 is 21.3 Å². The summed E-state index contributed by atoms with van der Waals surface area (Å²) in [5.74, 6) is -2.08. The number of aliphatic hydroxyl groups is 2. The van der Waals surface area contributed by atoms with Gasteiger partial charge in [0.05, 0.1) is 24.3 Å². The van der Waals surface area contributed by atoms with E-state index in [2.05, 4.69) is 31.2 Å². The Bertz CT molecular complexity index is 2020. The van der Waals surface area contributed by atoms with Gasteiger partial charge in [-0.3, -0.25) is 19.2 Å². The Morgan fingerprint density at radius 1 is 0.712 bits per heavy atom. The maximum atomic E-state index is 14.7. The van der Waals surface area contributed by atoms with Gasteiger partial charge in [-0.25, -0.2) is 8.78 Å². The van der Waals surface area contributed by atoms with Crippen molar-refractivity contribution in [2.45, 2.75) is 121 Å². The molecule has 4 amide bonds. The SMILES string of the molecule is CC[C@H](NC(=O)[C@H](C)NC)C(=O)N1C[C@@H](O)C[C@H]1Cc1c(Cc2[nH]c3cc(F)ccc3c2C[C@@H]2C[C@H](O)CN2C(=O)[C@H](CC)NC(=O)[C@H](C)NC)[nH]c2cc(F)ccc12. The number of halogens is 2. The van der Waals surface area contributed by atoms with Gasteiger partial charge in [0.2, 0.25) is 23.6 Å². The number of β-amino-alcohol motifs (C(OH)–C–C–N with tert-alkyl or cyclic N) is 2. The molecule has 59 heavy (non-hydrogen) atoms. The van der Waals surface area contributed by atoms with Gasteiger partial charge in [-0.05, 0) is 114 Å². The van der Waals surface area contributed by atoms with Crippen LogP contribution in [0.4, 0.5) is 8.78 Å². The first-order chi connectivity index (χ1) is 28.1. The van der Waals surface area contributed by atoms with Crippen LogP contribution in [-0.2, 0) is 38.4 Å². The molecule has 2 aliphatic rings. The van der Waals surface area contributed by atoms with Gasteiger partial charge >= 0.3 is 0 Å². The smallest absolute Gasteiger partial charge is 0.245 e. The Kier molecular flexibility index (Phi) is 13.7. The minimum absolute atomic E-state index is 0.0983. The molecule has 0 aliphatic carbocycles. The maximum absolute atomic E-state index is 14.7. The molecule has 16 heteroatoms. The minimum Gasteiger partial charge on any atom is -0.391 e. The first-order valence-electron chi connectivity index (χ1n) is 20.7. The second-order valence-corrected chi connectivity index (χ2v) is 16.2. The summed E-state index contributed by atoms with van der Waals surface area (Å²) in [5.41, 5.74) is 4.18. The molecule has 0 radical (unpaired) electrons. The number of hydrogen-bond donors (Lipinski definition) is 8. The Hall–Kier alpha value is -4.90. The van der Waals surface area contributed by atoms with Gasteiger partial charge in [0, 0.05) is 64.8 Å². The molecule has 0 unspecified atom stereocenters. The lowest BCUT2D eigenvalue weighted by Gasteiger charge is -2.30. The molecule has 0 bridgehead atoms. The van der Waals surface area contributed by atoms with Crippen molar-refractivity contribution in [1.82, 2.24) is 41.0 Å². The molecule has 14 nitrogen and oxygen atoms in total. The molecule has 4 aromatic rings. The normalized spacial score (nSPS) is 21.5. The molecular formula is C43H58F2N8O6. The highest BCUT2D eigenvalue weighted by molar-refractivity contribution is 5.91. The van der Waals surface area contributed by atoms with E-state index in [4.69, 9.17) is 0 Å². The lowest BCUT2D eigenvalue weighted by Crippen LogP contribution is -2.53. The molecule has 2 saturated heterocycles. The molecule has 0 spiro atoms. The number of H-pyrrole nitrogens is 2. The number of aliphatic hydroxyl groups excluding tert-OH is 2. The van der Waals surface area contributed by atoms with Crippen LogP contribution in [0.3, 0.4) is 0 Å². The zero-order chi connectivity index (χ0) is 42.7. The number of aromatic amines is 2. The summed E-state index contributed by atoms with van der Waals surface area (Å²) in [6.45, 7) is 7.24. The molecule has 4 heterocycles. The van der Waals surface area contributed by atoms with Crippen LogP contribution in [0.5, 0.6) is 0 Å². The van der Waals surface area contributed by atoms with Crippen molar-refractivity contribution in [3.8, 4) is 0 Å². The summed E-state index contributed by atoms with van der Waals surface area (Å²) in [6.07, 6.45) is 0.635. The molecule has 0 saturated carbocycles. The number of nitrogens with one attached hydrogen (secondary N) is 6. The van der Waals surface area contributed by atoms with Crippen molar-refractivity contribution in [2.75, 3.05) is 27.2 Å². The third kappa shape index (κ3) is 9.45. The standard InChI is InChI=1S/C43H58F2N8O6/c1-7-34(50-40(56)22(3)46-5)42(58)52-20-28(54)15-26(52)17-32-30-11-9-24(44)13-36(30)48-38(32)19-39-33(31-12-10-25(45)14-37(31)49-39)18-27-16-29(55)21-53(27)43(59)35(8-2)51-41(57)23(4)47-6/h9-14,22-23,26-29,34-35,46-49,54-55H,7-8,15-21H2,1-6H3,(H,50,56)(H,51,57)/t22-,23-,26-,27-,28-,29-,34-,35-/m0/s1. The average Bonchev–Trinajstić information content (AvgIpc) is 3.96. The summed E-state index contributed by atoms with van der Waals surface area (Å²) in [7, 11) is 3.32. The van der Waals surface area contributed by atoms with E-state index >= 15 is 0 Å². The molecule has 320 valence electrons. The van der Waals surface area contributed by atoms with Crippen LogP contribution in [0.2, 0.25) is 0 Å². The third-order valence-corrected chi connectivity index (χ3v) is 12.2. The van der Waals surface area contributed by atoms with Crippen LogP contribution in [0.15, 0.2) is 36.4 Å². The van der Waals surface area contributed by atoms with Gasteiger partial charge in [0.1, 0.15) is 23.7 Å². The summed E-state index contributed by atoms with van der Waals surface area (Å²) in [5, 5.41) is 34.7. The Morgan fingerprint density at radius 3 is 1.46 bits per heavy atom. The average molecular weight is 821 g/mol. The Balaban J connectivity index is 1.34. The minimum atomic E-state index is -0.793. The second-order valence-electron chi connectivity index (χ2n) is 16.2. The van der Waals surface area contributed by atoms with Crippen molar-refractivity contribution >= 4 is 45.4 Å². The molecule has 8 atom stereocenters. The van der Waals surface area contributed by atoms with E-state index in [0.717, 1.165) is 33.3 Å². The predicted molar refractivity (Wildman–Crippen MR) is 220 cm³/mol. The molecule has 8 N–H and O–H groups in total. The van der Waals surface area contributed by atoms with E-state index in [1.807, 2.05) is 13.8 Å². The summed E-state index contributed by atoms with van der Waals surface area (Å²) >= 11 is 0. The van der Waals surface area contributed by atoms with Crippen molar-refractivity contribution in [2.24, 2.45) is 0 Å². The van der Waals surface area contributed by atoms with Crippen LogP contribution in [0, 0.1) is 11.6 Å². The third-order valence-electron chi connectivity index (χ3n) is 12.2. The van der Waals surface area contributed by atoms with E-state index < -0.39 is 60.1 Å². The van der Waals surface area contributed by atoms with E-state index in [9.17, 15) is 38.2 Å². The van der Waals surface area contributed by atoms with Gasteiger partial charge in [-0.15, -0.1) is 0 Å². The molecule has 2 aromatic carbocycles. The molecule has 2 aromatic heterocycles. The van der Waals surface area contributed by atoms with E-state index in [0.29, 0.717) is 49.6 Å². The number of likely N-dealkylation sites (N-methyl/N-ethyl adjacent to an activating group) is 2. The van der Waals surface area contributed by atoms with Crippen LogP contribution in [0.25, 0.3) is 21.8 Å². The number of carbonyl (C=O) groups excluding carboxylic acids is 4.